The van der Waals surface area contributed by atoms with Crippen molar-refractivity contribution in [2.24, 2.45) is 0 Å². The van der Waals surface area contributed by atoms with Gasteiger partial charge < -0.3 is 16.2 Å². The van der Waals surface area contributed by atoms with E-state index < -0.39 is 0 Å². The number of nitrogens with zero attached hydrogens (tertiary/aromatic N) is 7. The molecule has 4 aromatic heterocycles. The molecule has 252 valence electrons. The van der Waals surface area contributed by atoms with Gasteiger partial charge in [0.25, 0.3) is 5.56 Å². The normalized spacial score (nSPS) is 11.0. The van der Waals surface area contributed by atoms with E-state index in [1.54, 1.807) is 76.2 Å². The molecular weight excluding hydrogens is 666 g/mol. The van der Waals surface area contributed by atoms with Crippen molar-refractivity contribution in [3.63, 3.8) is 0 Å². The van der Waals surface area contributed by atoms with Gasteiger partial charge in [-0.1, -0.05) is 47.7 Å². The van der Waals surface area contributed by atoms with Crippen LogP contribution >= 0.6 is 11.6 Å². The molecule has 7 rings (SSSR count). The third kappa shape index (κ3) is 7.10. The lowest BCUT2D eigenvalue weighted by molar-refractivity contribution is -0.116. The largest absolute Gasteiger partial charge is 0.508 e. The number of nitrogens with two attached hydrogens (primary N) is 1. The second kappa shape index (κ2) is 14.5. The molecule has 0 fully saturated rings. The number of pyridine rings is 1. The van der Waals surface area contributed by atoms with Crippen molar-refractivity contribution in [3.05, 3.63) is 130 Å². The highest BCUT2D eigenvalue weighted by Crippen LogP contribution is 2.31. The first-order chi connectivity index (χ1) is 24.9. The van der Waals surface area contributed by atoms with Gasteiger partial charge in [-0.3, -0.25) is 19.1 Å². The van der Waals surface area contributed by atoms with Gasteiger partial charge in [0.15, 0.2) is 5.65 Å². The van der Waals surface area contributed by atoms with E-state index in [9.17, 15) is 14.7 Å². The summed E-state index contributed by atoms with van der Waals surface area (Å²) in [6.45, 7) is 0.213. The molecule has 0 aliphatic carbocycles. The molecule has 0 aliphatic heterocycles. The molecule has 0 unspecified atom stereocenters. The van der Waals surface area contributed by atoms with Gasteiger partial charge in [-0.05, 0) is 66.6 Å². The predicted molar refractivity (Wildman–Crippen MR) is 196 cm³/mol. The molecule has 0 saturated carbocycles. The maximum atomic E-state index is 14.5. The number of rotatable bonds is 9. The number of halogens is 1. The van der Waals surface area contributed by atoms with Crippen LogP contribution in [0.25, 0.3) is 33.2 Å². The Hall–Kier alpha value is -6.58. The van der Waals surface area contributed by atoms with E-state index in [-0.39, 0.29) is 36.1 Å². The first kappa shape index (κ1) is 32.9. The van der Waals surface area contributed by atoms with Crippen molar-refractivity contribution in [1.82, 2.24) is 34.3 Å². The van der Waals surface area contributed by atoms with Crippen molar-refractivity contribution in [3.8, 4) is 28.8 Å². The summed E-state index contributed by atoms with van der Waals surface area (Å²) in [7, 11) is 0. The number of amides is 1. The molecule has 7 aromatic rings. The summed E-state index contributed by atoms with van der Waals surface area (Å²) in [6.07, 6.45) is 5.90. The SMILES string of the molecule is Nc1ncnc2c1c(-c1ccc(O)cc1)nn2Cc1nc2cccc(C#CCCCC(=O)Nc3ccncc3)c2c(=O)n1Cc1ccccc1Cl. The Labute approximate surface area is 296 Å². The maximum absolute atomic E-state index is 14.5. The summed E-state index contributed by atoms with van der Waals surface area (Å²) in [4.78, 5) is 44.4. The molecule has 13 heteroatoms. The highest BCUT2D eigenvalue weighted by Gasteiger charge is 2.21. The van der Waals surface area contributed by atoms with E-state index in [2.05, 4.69) is 32.1 Å². The fourth-order valence-corrected chi connectivity index (χ4v) is 5.94. The van der Waals surface area contributed by atoms with Gasteiger partial charge in [0, 0.05) is 47.1 Å². The highest BCUT2D eigenvalue weighted by atomic mass is 35.5. The maximum Gasteiger partial charge on any atom is 0.263 e. The average molecular weight is 696 g/mol. The quantitative estimate of drug-likeness (QED) is 0.125. The molecule has 1 amide bonds. The number of carbonyl (C=O) groups is 1. The Morgan fingerprint density at radius 2 is 1.75 bits per heavy atom. The Bertz CT molecular complexity index is 2520. The second-order valence-electron chi connectivity index (χ2n) is 11.7. The van der Waals surface area contributed by atoms with Crippen LogP contribution in [0, 0.1) is 11.8 Å². The van der Waals surface area contributed by atoms with Gasteiger partial charge >= 0.3 is 0 Å². The number of hydrogen-bond donors (Lipinski definition) is 3. The summed E-state index contributed by atoms with van der Waals surface area (Å²) in [5.74, 6) is 6.93. The number of carbonyl (C=O) groups excluding carboxylic acids is 1. The average Bonchev–Trinajstić information content (AvgIpc) is 3.50. The van der Waals surface area contributed by atoms with E-state index in [0.717, 1.165) is 5.56 Å². The Balaban J connectivity index is 1.25. The molecule has 12 nitrogen and oxygen atoms in total. The molecule has 4 N–H and O–H groups in total. The van der Waals surface area contributed by atoms with E-state index in [0.29, 0.717) is 74.6 Å². The molecule has 0 atom stereocenters. The number of phenolic OH excluding ortho intramolecular Hbond substituents is 1. The van der Waals surface area contributed by atoms with Crippen LogP contribution in [-0.4, -0.2) is 45.3 Å². The fraction of sp³-hybridized carbons (Fsp3) is 0.132. The number of fused-ring (bicyclic) bond motifs is 2. The van der Waals surface area contributed by atoms with Crippen LogP contribution in [0.1, 0.15) is 36.2 Å². The molecule has 0 radical (unpaired) electrons. The third-order valence-corrected chi connectivity index (χ3v) is 8.60. The van der Waals surface area contributed by atoms with Gasteiger partial charge in [0.2, 0.25) is 5.91 Å². The molecular formula is C38H30ClN9O3. The Morgan fingerprint density at radius 1 is 0.941 bits per heavy atom. The van der Waals surface area contributed by atoms with Gasteiger partial charge in [-0.2, -0.15) is 5.10 Å². The van der Waals surface area contributed by atoms with Gasteiger partial charge in [0.1, 0.15) is 36.0 Å². The topological polar surface area (TPSA) is 167 Å². The number of nitrogen functional groups attached to an aromatic ring is 1. The number of nitrogens with one attached hydrogen (secondary N) is 1. The minimum Gasteiger partial charge on any atom is -0.508 e. The smallest absolute Gasteiger partial charge is 0.263 e. The van der Waals surface area contributed by atoms with Crippen LogP contribution in [0.3, 0.4) is 0 Å². The Kier molecular flexibility index (Phi) is 9.36. The predicted octanol–water partition coefficient (Wildman–Crippen LogP) is 5.80. The number of anilines is 2. The zero-order valence-electron chi connectivity index (χ0n) is 27.1. The number of aromatic hydroxyl groups is 1. The summed E-state index contributed by atoms with van der Waals surface area (Å²) in [5, 5.41) is 19.0. The van der Waals surface area contributed by atoms with E-state index in [1.807, 2.05) is 24.3 Å². The molecule has 3 aromatic carbocycles. The molecule has 51 heavy (non-hydrogen) atoms. The van der Waals surface area contributed by atoms with E-state index in [4.69, 9.17) is 27.4 Å². The van der Waals surface area contributed by atoms with E-state index in [1.165, 1.54) is 6.33 Å². The summed E-state index contributed by atoms with van der Waals surface area (Å²) in [6, 6.07) is 22.7. The van der Waals surface area contributed by atoms with Crippen LogP contribution in [0.4, 0.5) is 11.5 Å². The first-order valence-electron chi connectivity index (χ1n) is 16.1. The van der Waals surface area contributed by atoms with Crippen molar-refractivity contribution in [2.45, 2.75) is 32.4 Å². The van der Waals surface area contributed by atoms with Crippen molar-refractivity contribution < 1.29 is 9.90 Å². The second-order valence-corrected chi connectivity index (χ2v) is 12.1. The van der Waals surface area contributed by atoms with Gasteiger partial charge in [0.05, 0.1) is 22.8 Å². The number of aromatic nitrogens is 7. The minimum absolute atomic E-state index is 0.0676. The minimum atomic E-state index is -0.291. The van der Waals surface area contributed by atoms with Crippen molar-refractivity contribution in [1.29, 1.82) is 0 Å². The first-order valence-corrected chi connectivity index (χ1v) is 16.4. The number of unbranched alkanes of at least 4 members (excludes halogenated alkanes) is 1. The van der Waals surface area contributed by atoms with Crippen LogP contribution in [-0.2, 0) is 17.9 Å². The number of phenols is 1. The van der Waals surface area contributed by atoms with Gasteiger partial charge in [-0.25, -0.2) is 19.6 Å². The monoisotopic (exact) mass is 695 g/mol. The van der Waals surface area contributed by atoms with Crippen LogP contribution in [0.5, 0.6) is 5.75 Å². The third-order valence-electron chi connectivity index (χ3n) is 8.23. The molecule has 0 aliphatic rings. The van der Waals surface area contributed by atoms with Crippen LogP contribution in [0.2, 0.25) is 5.02 Å². The lowest BCUT2D eigenvalue weighted by atomic mass is 10.1. The molecule has 0 spiro atoms. The van der Waals surface area contributed by atoms with Crippen LogP contribution < -0.4 is 16.6 Å². The van der Waals surface area contributed by atoms with Crippen molar-refractivity contribution >= 4 is 50.9 Å². The number of benzene rings is 3. The molecule has 4 heterocycles. The summed E-state index contributed by atoms with van der Waals surface area (Å²) < 4.78 is 3.22. The Morgan fingerprint density at radius 3 is 2.55 bits per heavy atom. The molecule has 0 bridgehead atoms. The van der Waals surface area contributed by atoms with Crippen LogP contribution in [0.15, 0.2) is 102 Å². The van der Waals surface area contributed by atoms with Gasteiger partial charge in [-0.15, -0.1) is 0 Å². The fourth-order valence-electron chi connectivity index (χ4n) is 5.74. The zero-order valence-corrected chi connectivity index (χ0v) is 27.9. The standard InChI is InChI=1S/C38H30ClN9O3/c39-29-10-5-4-8-26(29)21-47-31(22-48-37-34(36(40)42-23-43-37)35(46-48)25-13-15-28(49)16-14-25)45-30-11-6-9-24(33(30)38(47)51)7-2-1-3-12-32(50)44-27-17-19-41-20-18-27/h4-6,8-11,13-20,23,49H,1,3,12,21-22H2,(H2,40,42,43)(H,41,44,50). The van der Waals surface area contributed by atoms with E-state index >= 15 is 0 Å². The summed E-state index contributed by atoms with van der Waals surface area (Å²) >= 11 is 6.58. The zero-order chi connectivity index (χ0) is 35.3. The molecule has 0 saturated heterocycles. The lowest BCUT2D eigenvalue weighted by Crippen LogP contribution is -2.28. The summed E-state index contributed by atoms with van der Waals surface area (Å²) in [5.41, 5.74) is 10.1. The number of hydrogen-bond acceptors (Lipinski definition) is 9. The van der Waals surface area contributed by atoms with Crippen molar-refractivity contribution in [2.75, 3.05) is 11.1 Å². The lowest BCUT2D eigenvalue weighted by Gasteiger charge is -2.15. The highest BCUT2D eigenvalue weighted by molar-refractivity contribution is 6.31.